The molecule has 1 heterocycles. The molecule has 1 N–H and O–H groups in total. The normalized spacial score (nSPS) is 10.8. The molecular weight excluding hydrogens is 392 g/mol. The molecule has 0 bridgehead atoms. The molecule has 0 saturated carbocycles. The molecule has 1 amide bonds. The fraction of sp³-hybridized carbons (Fsp3) is 0.200. The fourth-order valence-electron chi connectivity index (χ4n) is 3.37. The largest absolute Gasteiger partial charge is 0.494 e. The second kappa shape index (κ2) is 8.92. The Bertz CT molecular complexity index is 1190. The summed E-state index contributed by atoms with van der Waals surface area (Å²) in [4.78, 5) is 13.1. The van der Waals surface area contributed by atoms with Gasteiger partial charge in [0.2, 0.25) is 0 Å². The van der Waals surface area contributed by atoms with Gasteiger partial charge < -0.3 is 19.3 Å². The average Bonchev–Trinajstić information content (AvgIpc) is 3.10. The van der Waals surface area contributed by atoms with E-state index >= 15 is 0 Å². The summed E-state index contributed by atoms with van der Waals surface area (Å²) in [6.45, 7) is 6.50. The van der Waals surface area contributed by atoms with Crippen LogP contribution in [0.3, 0.4) is 0 Å². The topological polar surface area (TPSA) is 73.6 Å². The number of amides is 1. The zero-order valence-corrected chi connectivity index (χ0v) is 17.8. The predicted molar refractivity (Wildman–Crippen MR) is 120 cm³/mol. The maximum atomic E-state index is 13.1. The van der Waals surface area contributed by atoms with E-state index in [0.29, 0.717) is 29.4 Å². The monoisotopic (exact) mass is 416 g/mol. The smallest absolute Gasteiger partial charge is 0.259 e. The van der Waals surface area contributed by atoms with E-state index in [0.717, 1.165) is 27.8 Å². The number of rotatable bonds is 7. The third-order valence-electron chi connectivity index (χ3n) is 5.07. The second-order valence-corrected chi connectivity index (χ2v) is 7.20. The first kappa shape index (κ1) is 20.5. The van der Waals surface area contributed by atoms with Crippen LogP contribution in [0.2, 0.25) is 0 Å². The molecule has 0 radical (unpaired) electrons. The summed E-state index contributed by atoms with van der Waals surface area (Å²) in [5.41, 5.74) is 2.79. The highest BCUT2D eigenvalue weighted by Crippen LogP contribution is 2.29. The van der Waals surface area contributed by atoms with Gasteiger partial charge in [0.05, 0.1) is 23.4 Å². The lowest BCUT2D eigenvalue weighted by atomic mass is 10.0. The summed E-state index contributed by atoms with van der Waals surface area (Å²) in [6.07, 6.45) is 0. The minimum absolute atomic E-state index is 0.247. The number of anilines is 1. The maximum absolute atomic E-state index is 13.1. The van der Waals surface area contributed by atoms with Crippen LogP contribution >= 0.6 is 0 Å². The van der Waals surface area contributed by atoms with Crippen molar-refractivity contribution in [2.75, 3.05) is 11.9 Å². The van der Waals surface area contributed by atoms with Gasteiger partial charge in [0.15, 0.2) is 0 Å². The molecule has 0 saturated heterocycles. The van der Waals surface area contributed by atoms with E-state index in [4.69, 9.17) is 14.0 Å². The van der Waals surface area contributed by atoms with Crippen molar-refractivity contribution >= 4 is 22.4 Å². The van der Waals surface area contributed by atoms with Crippen molar-refractivity contribution in [2.24, 2.45) is 0 Å². The predicted octanol–water partition coefficient (Wildman–Crippen LogP) is 5.67. The van der Waals surface area contributed by atoms with Crippen LogP contribution in [0.15, 0.2) is 65.2 Å². The van der Waals surface area contributed by atoms with Crippen LogP contribution in [0.5, 0.6) is 11.5 Å². The number of aryl methyl sites for hydroxylation is 2. The number of fused-ring (bicyclic) bond motifs is 1. The Balaban J connectivity index is 1.62. The number of aromatic nitrogens is 1. The van der Waals surface area contributed by atoms with Crippen molar-refractivity contribution in [3.63, 3.8) is 0 Å². The van der Waals surface area contributed by atoms with Gasteiger partial charge in [-0.2, -0.15) is 0 Å². The van der Waals surface area contributed by atoms with Gasteiger partial charge in [-0.25, -0.2) is 0 Å². The van der Waals surface area contributed by atoms with Gasteiger partial charge >= 0.3 is 0 Å². The van der Waals surface area contributed by atoms with E-state index in [9.17, 15) is 4.79 Å². The first-order chi connectivity index (χ1) is 15.0. The van der Waals surface area contributed by atoms with Crippen molar-refractivity contribution in [1.29, 1.82) is 0 Å². The van der Waals surface area contributed by atoms with Crippen LogP contribution in [0.1, 0.15) is 34.3 Å². The van der Waals surface area contributed by atoms with Gasteiger partial charge in [-0.15, -0.1) is 0 Å². The Kier molecular flexibility index (Phi) is 5.89. The van der Waals surface area contributed by atoms with Gasteiger partial charge in [-0.1, -0.05) is 29.4 Å². The van der Waals surface area contributed by atoms with E-state index in [1.54, 1.807) is 0 Å². The average molecular weight is 416 g/mol. The Morgan fingerprint density at radius 1 is 1.00 bits per heavy atom. The van der Waals surface area contributed by atoms with Crippen LogP contribution in [-0.4, -0.2) is 17.7 Å². The Morgan fingerprint density at radius 2 is 1.71 bits per heavy atom. The molecule has 0 aliphatic carbocycles. The number of nitrogens with one attached hydrogen (secondary N) is 1. The van der Waals surface area contributed by atoms with E-state index in [1.807, 2.05) is 81.4 Å². The molecule has 31 heavy (non-hydrogen) atoms. The van der Waals surface area contributed by atoms with E-state index < -0.39 is 0 Å². The zero-order valence-electron chi connectivity index (χ0n) is 17.8. The van der Waals surface area contributed by atoms with Crippen molar-refractivity contribution in [3.05, 3.63) is 83.2 Å². The standard InChI is InChI=1S/C25H24N2O4/c1-4-29-21-11-9-20(10-12-21)26-25(28)22-13-18-7-5-6-8-19(18)14-24(22)30-15-23-16(2)27-31-17(23)3/h5-14H,4,15H2,1-3H3,(H,26,28). The van der Waals surface area contributed by atoms with Gasteiger partial charge in [0, 0.05) is 5.69 Å². The molecule has 0 fully saturated rings. The van der Waals surface area contributed by atoms with Gasteiger partial charge in [0.1, 0.15) is 23.9 Å². The lowest BCUT2D eigenvalue weighted by Gasteiger charge is -2.14. The summed E-state index contributed by atoms with van der Waals surface area (Å²) < 4.78 is 16.8. The van der Waals surface area contributed by atoms with Crippen LogP contribution in [0.4, 0.5) is 5.69 Å². The first-order valence-electron chi connectivity index (χ1n) is 10.2. The third kappa shape index (κ3) is 4.53. The number of ether oxygens (including phenoxy) is 2. The van der Waals surface area contributed by atoms with Crippen LogP contribution < -0.4 is 14.8 Å². The molecule has 6 heteroatoms. The highest BCUT2D eigenvalue weighted by atomic mass is 16.5. The molecule has 0 unspecified atom stereocenters. The fourth-order valence-corrected chi connectivity index (χ4v) is 3.37. The van der Waals surface area contributed by atoms with Crippen molar-refractivity contribution in [1.82, 2.24) is 5.16 Å². The van der Waals surface area contributed by atoms with Crippen LogP contribution in [0, 0.1) is 13.8 Å². The van der Waals surface area contributed by atoms with Crippen molar-refractivity contribution < 1.29 is 18.8 Å². The highest BCUT2D eigenvalue weighted by molar-refractivity contribution is 6.08. The lowest BCUT2D eigenvalue weighted by molar-refractivity contribution is 0.102. The minimum Gasteiger partial charge on any atom is -0.494 e. The molecular formula is C25H24N2O4. The number of hydrogen-bond donors (Lipinski definition) is 1. The van der Waals surface area contributed by atoms with E-state index in [-0.39, 0.29) is 12.5 Å². The van der Waals surface area contributed by atoms with Crippen molar-refractivity contribution in [3.8, 4) is 11.5 Å². The molecule has 4 aromatic rings. The van der Waals surface area contributed by atoms with Crippen LogP contribution in [-0.2, 0) is 6.61 Å². The Hall–Kier alpha value is -3.80. The molecule has 0 spiro atoms. The molecule has 158 valence electrons. The van der Waals surface area contributed by atoms with Crippen LogP contribution in [0.25, 0.3) is 10.8 Å². The Labute approximate surface area is 180 Å². The number of nitrogens with zero attached hydrogens (tertiary/aromatic N) is 1. The number of hydrogen-bond acceptors (Lipinski definition) is 5. The summed E-state index contributed by atoms with van der Waals surface area (Å²) in [6, 6.07) is 18.9. The SMILES string of the molecule is CCOc1ccc(NC(=O)c2cc3ccccc3cc2OCc2c(C)noc2C)cc1. The summed E-state index contributed by atoms with van der Waals surface area (Å²) >= 11 is 0. The lowest BCUT2D eigenvalue weighted by Crippen LogP contribution is -2.14. The minimum atomic E-state index is -0.247. The first-order valence-corrected chi connectivity index (χ1v) is 10.2. The third-order valence-corrected chi connectivity index (χ3v) is 5.07. The van der Waals surface area contributed by atoms with Gasteiger partial charge in [-0.3, -0.25) is 4.79 Å². The molecule has 3 aromatic carbocycles. The van der Waals surface area contributed by atoms with E-state index in [2.05, 4.69) is 10.5 Å². The number of carbonyl (C=O) groups excluding carboxylic acids is 1. The summed E-state index contributed by atoms with van der Waals surface area (Å²) in [5.74, 6) is 1.72. The quantitative estimate of drug-likeness (QED) is 0.420. The Morgan fingerprint density at radius 3 is 2.35 bits per heavy atom. The molecule has 4 rings (SSSR count). The van der Waals surface area contributed by atoms with Gasteiger partial charge in [-0.05, 0) is 67.9 Å². The molecule has 0 aliphatic heterocycles. The molecule has 0 aliphatic rings. The molecule has 6 nitrogen and oxygen atoms in total. The van der Waals surface area contributed by atoms with E-state index in [1.165, 1.54) is 0 Å². The number of carbonyl (C=O) groups is 1. The molecule has 0 atom stereocenters. The number of benzene rings is 3. The summed E-state index contributed by atoms with van der Waals surface area (Å²) in [5, 5.41) is 8.87. The zero-order chi connectivity index (χ0) is 21.8. The van der Waals surface area contributed by atoms with Gasteiger partial charge in [0.25, 0.3) is 5.91 Å². The van der Waals surface area contributed by atoms with Crippen molar-refractivity contribution in [2.45, 2.75) is 27.4 Å². The second-order valence-electron chi connectivity index (χ2n) is 7.20. The summed E-state index contributed by atoms with van der Waals surface area (Å²) in [7, 11) is 0. The maximum Gasteiger partial charge on any atom is 0.259 e. The highest BCUT2D eigenvalue weighted by Gasteiger charge is 2.17. The molecule has 1 aromatic heterocycles.